The van der Waals surface area contributed by atoms with Crippen LogP contribution in [0, 0.1) is 0 Å². The van der Waals surface area contributed by atoms with Gasteiger partial charge in [0.1, 0.15) is 5.82 Å². The van der Waals surface area contributed by atoms with E-state index in [4.69, 9.17) is 4.98 Å². The highest BCUT2D eigenvalue weighted by Crippen LogP contribution is 2.38. The molecule has 0 saturated heterocycles. The largest absolute Gasteiger partial charge is 0.387 e. The van der Waals surface area contributed by atoms with E-state index in [1.54, 1.807) is 0 Å². The van der Waals surface area contributed by atoms with Crippen molar-refractivity contribution in [3.8, 4) is 22.5 Å². The van der Waals surface area contributed by atoms with Gasteiger partial charge in [-0.05, 0) is 60.4 Å². The molecular weight excluding hydrogens is 448 g/mol. The Morgan fingerprint density at radius 2 is 1.69 bits per heavy atom. The number of hydrogen-bond acceptors (Lipinski definition) is 5. The number of hydrogen-bond donors (Lipinski definition) is 2. The van der Waals surface area contributed by atoms with Crippen molar-refractivity contribution in [3.05, 3.63) is 71.3 Å². The number of benzene rings is 2. The average Bonchev–Trinajstić information content (AvgIpc) is 3.57. The Hall–Kier alpha value is -3.32. The molecule has 2 atom stereocenters. The van der Waals surface area contributed by atoms with Crippen molar-refractivity contribution in [2.75, 3.05) is 0 Å². The highest BCUT2D eigenvalue weighted by molar-refractivity contribution is 5.80. The molecule has 0 radical (unpaired) electrons. The van der Waals surface area contributed by atoms with Gasteiger partial charge in [0.15, 0.2) is 0 Å². The lowest BCUT2D eigenvalue weighted by atomic mass is 9.92. The average molecular weight is 485 g/mol. The number of aromatic nitrogens is 6. The van der Waals surface area contributed by atoms with Gasteiger partial charge < -0.3 is 9.67 Å². The van der Waals surface area contributed by atoms with Crippen molar-refractivity contribution in [3.63, 3.8) is 0 Å². The summed E-state index contributed by atoms with van der Waals surface area (Å²) in [7, 11) is 0. The topological polar surface area (TPSA) is 92.5 Å². The van der Waals surface area contributed by atoms with Crippen LogP contribution in [-0.4, -0.2) is 35.3 Å². The SMILES string of the molecule is CCCCc1nc(CCCC)n2c1C(O)CCC2Cc1ccc(-c2ccccc2-c2nn[nH]n2)cc1. The molecule has 0 aliphatic carbocycles. The summed E-state index contributed by atoms with van der Waals surface area (Å²) in [4.78, 5) is 5.08. The second kappa shape index (κ2) is 11.2. The molecule has 1 aliphatic heterocycles. The maximum absolute atomic E-state index is 11.0. The molecule has 0 amide bonds. The maximum atomic E-state index is 11.0. The fourth-order valence-corrected chi connectivity index (χ4v) is 5.45. The molecule has 188 valence electrons. The molecule has 1 aliphatic rings. The molecule has 5 rings (SSSR count). The highest BCUT2D eigenvalue weighted by Gasteiger charge is 2.31. The Bertz CT molecular complexity index is 1260. The molecule has 0 spiro atoms. The Balaban J connectivity index is 1.42. The van der Waals surface area contributed by atoms with Crippen LogP contribution in [0.1, 0.15) is 87.3 Å². The van der Waals surface area contributed by atoms with E-state index < -0.39 is 6.10 Å². The number of unbranched alkanes of at least 4 members (excludes halogenated alkanes) is 2. The number of nitrogens with zero attached hydrogens (tertiary/aromatic N) is 5. The van der Waals surface area contributed by atoms with Crippen LogP contribution < -0.4 is 0 Å². The first-order valence-corrected chi connectivity index (χ1v) is 13.4. The highest BCUT2D eigenvalue weighted by atomic mass is 16.3. The maximum Gasteiger partial charge on any atom is 0.205 e. The first-order valence-electron chi connectivity index (χ1n) is 13.4. The van der Waals surface area contributed by atoms with E-state index in [0.29, 0.717) is 11.9 Å². The zero-order valence-electron chi connectivity index (χ0n) is 21.3. The number of aromatic amines is 1. The van der Waals surface area contributed by atoms with Crippen molar-refractivity contribution in [1.82, 2.24) is 30.2 Å². The zero-order chi connectivity index (χ0) is 24.9. The smallest absolute Gasteiger partial charge is 0.205 e. The summed E-state index contributed by atoms with van der Waals surface area (Å²) in [6.45, 7) is 4.44. The Labute approximate surface area is 213 Å². The van der Waals surface area contributed by atoms with Gasteiger partial charge in [0, 0.05) is 18.0 Å². The summed E-state index contributed by atoms with van der Waals surface area (Å²) in [5.74, 6) is 1.76. The number of rotatable bonds is 10. The minimum Gasteiger partial charge on any atom is -0.387 e. The fourth-order valence-electron chi connectivity index (χ4n) is 5.45. The molecule has 0 fully saturated rings. The van der Waals surface area contributed by atoms with Crippen LogP contribution in [0.3, 0.4) is 0 Å². The van der Waals surface area contributed by atoms with Crippen LogP contribution in [0.4, 0.5) is 0 Å². The van der Waals surface area contributed by atoms with Gasteiger partial charge in [-0.2, -0.15) is 5.21 Å². The number of aryl methyl sites for hydroxylation is 2. The predicted molar refractivity (Wildman–Crippen MR) is 141 cm³/mol. The van der Waals surface area contributed by atoms with Gasteiger partial charge in [-0.25, -0.2) is 4.98 Å². The lowest BCUT2D eigenvalue weighted by Crippen LogP contribution is -2.25. The van der Waals surface area contributed by atoms with Crippen LogP contribution in [-0.2, 0) is 19.3 Å². The van der Waals surface area contributed by atoms with Crippen molar-refractivity contribution in [2.45, 2.75) is 83.8 Å². The molecular formula is C29H36N6O. The lowest BCUT2D eigenvalue weighted by molar-refractivity contribution is 0.123. The lowest BCUT2D eigenvalue weighted by Gasteiger charge is -2.31. The van der Waals surface area contributed by atoms with Gasteiger partial charge >= 0.3 is 0 Å². The number of nitrogens with one attached hydrogen (secondary N) is 1. The first kappa shape index (κ1) is 24.4. The number of fused-ring (bicyclic) bond motifs is 1. The molecule has 4 aromatic rings. The van der Waals surface area contributed by atoms with Crippen LogP contribution in [0.5, 0.6) is 0 Å². The number of tetrazole rings is 1. The van der Waals surface area contributed by atoms with E-state index in [1.165, 1.54) is 5.56 Å². The van der Waals surface area contributed by atoms with E-state index >= 15 is 0 Å². The fraction of sp³-hybridized carbons (Fsp3) is 0.448. The number of H-pyrrole nitrogens is 1. The van der Waals surface area contributed by atoms with Gasteiger partial charge in [-0.3, -0.25) is 0 Å². The molecule has 2 aromatic heterocycles. The summed E-state index contributed by atoms with van der Waals surface area (Å²) >= 11 is 0. The summed E-state index contributed by atoms with van der Waals surface area (Å²) in [6.07, 6.45) is 8.77. The predicted octanol–water partition coefficient (Wildman–Crippen LogP) is 6.03. The molecule has 2 unspecified atom stereocenters. The van der Waals surface area contributed by atoms with Gasteiger partial charge in [0.2, 0.25) is 5.82 Å². The van der Waals surface area contributed by atoms with E-state index in [-0.39, 0.29) is 0 Å². The van der Waals surface area contributed by atoms with Crippen molar-refractivity contribution >= 4 is 0 Å². The minimum absolute atomic E-state index is 0.329. The number of aliphatic hydroxyl groups is 1. The van der Waals surface area contributed by atoms with E-state index in [2.05, 4.69) is 69.4 Å². The Morgan fingerprint density at radius 3 is 2.42 bits per heavy atom. The number of aliphatic hydroxyl groups excluding tert-OH is 1. The standard InChI is InChI=1S/C29H36N6O/c1-3-5-11-25-28-26(36)18-17-22(35(28)27(30-25)12-6-4-2)19-20-13-15-21(16-14-20)23-9-7-8-10-24(23)29-31-33-34-32-29/h7-10,13-16,22,26,36H,3-6,11-12,17-19H2,1-2H3,(H,31,32,33,34). The van der Waals surface area contributed by atoms with Crippen LogP contribution in [0.2, 0.25) is 0 Å². The molecule has 0 saturated carbocycles. The molecule has 3 heterocycles. The third-order valence-corrected chi connectivity index (χ3v) is 7.32. The molecule has 36 heavy (non-hydrogen) atoms. The summed E-state index contributed by atoms with van der Waals surface area (Å²) in [5.41, 5.74) is 6.68. The Kier molecular flexibility index (Phi) is 7.56. The van der Waals surface area contributed by atoms with Gasteiger partial charge in [0.05, 0.1) is 17.5 Å². The third kappa shape index (κ3) is 4.98. The number of imidazole rings is 1. The van der Waals surface area contributed by atoms with Crippen molar-refractivity contribution < 1.29 is 5.11 Å². The Morgan fingerprint density at radius 1 is 0.944 bits per heavy atom. The molecule has 7 nitrogen and oxygen atoms in total. The van der Waals surface area contributed by atoms with E-state index in [1.807, 2.05) is 18.2 Å². The third-order valence-electron chi connectivity index (χ3n) is 7.32. The van der Waals surface area contributed by atoms with Crippen molar-refractivity contribution in [2.24, 2.45) is 0 Å². The molecule has 0 bridgehead atoms. The van der Waals surface area contributed by atoms with Gasteiger partial charge in [-0.15, -0.1) is 10.2 Å². The first-order chi connectivity index (χ1) is 17.7. The normalized spacial score (nSPS) is 17.3. The van der Waals surface area contributed by atoms with Gasteiger partial charge in [-0.1, -0.05) is 75.2 Å². The zero-order valence-corrected chi connectivity index (χ0v) is 21.3. The summed E-state index contributed by atoms with van der Waals surface area (Å²) < 4.78 is 2.41. The second-order valence-electron chi connectivity index (χ2n) is 9.87. The molecule has 7 heteroatoms. The van der Waals surface area contributed by atoms with E-state index in [0.717, 1.165) is 91.7 Å². The van der Waals surface area contributed by atoms with Crippen LogP contribution in [0.15, 0.2) is 48.5 Å². The van der Waals surface area contributed by atoms with Crippen molar-refractivity contribution in [1.29, 1.82) is 0 Å². The van der Waals surface area contributed by atoms with Crippen LogP contribution in [0.25, 0.3) is 22.5 Å². The van der Waals surface area contributed by atoms with Gasteiger partial charge in [0.25, 0.3) is 0 Å². The summed E-state index contributed by atoms with van der Waals surface area (Å²) in [6, 6.07) is 17.3. The monoisotopic (exact) mass is 484 g/mol. The second-order valence-corrected chi connectivity index (χ2v) is 9.87. The van der Waals surface area contributed by atoms with Crippen LogP contribution >= 0.6 is 0 Å². The molecule has 2 N–H and O–H groups in total. The quantitative estimate of drug-likeness (QED) is 0.287. The van der Waals surface area contributed by atoms with E-state index in [9.17, 15) is 5.11 Å². The molecule has 2 aromatic carbocycles. The minimum atomic E-state index is -0.403. The summed E-state index contributed by atoms with van der Waals surface area (Å²) in [5, 5.41) is 25.6.